The Bertz CT molecular complexity index is 640. The van der Waals surface area contributed by atoms with E-state index >= 15 is 0 Å². The number of carbonyl (C=O) groups excluding carboxylic acids is 3. The van der Waals surface area contributed by atoms with Crippen LogP contribution >= 0.6 is 0 Å². The van der Waals surface area contributed by atoms with E-state index in [0.717, 1.165) is 32.8 Å². The van der Waals surface area contributed by atoms with Gasteiger partial charge < -0.3 is 29.5 Å². The van der Waals surface area contributed by atoms with Gasteiger partial charge in [-0.1, -0.05) is 13.8 Å². The number of ether oxygens (including phenoxy) is 2. The number of nitrogens with zero attached hydrogens (tertiary/aromatic N) is 4. The average Bonchev–Trinajstić information content (AvgIpc) is 3.04. The molecule has 176 valence electrons. The van der Waals surface area contributed by atoms with E-state index < -0.39 is 6.04 Å². The van der Waals surface area contributed by atoms with Crippen molar-refractivity contribution in [1.82, 2.24) is 24.9 Å². The summed E-state index contributed by atoms with van der Waals surface area (Å²) in [6.45, 7) is 10.6. The molecule has 0 unspecified atom stereocenters. The van der Waals surface area contributed by atoms with Crippen LogP contribution in [-0.2, 0) is 19.1 Å². The Labute approximate surface area is 184 Å². The minimum atomic E-state index is -0.475. The summed E-state index contributed by atoms with van der Waals surface area (Å²) in [7, 11) is 1.62. The molecule has 31 heavy (non-hydrogen) atoms. The lowest BCUT2D eigenvalue weighted by molar-refractivity contribution is -0.143. The van der Waals surface area contributed by atoms with Gasteiger partial charge in [-0.2, -0.15) is 0 Å². The molecule has 3 aliphatic rings. The first kappa shape index (κ1) is 23.7. The number of hydrogen-bond donors (Lipinski definition) is 1. The normalized spacial score (nSPS) is 24.8. The summed E-state index contributed by atoms with van der Waals surface area (Å²) < 4.78 is 10.5. The Morgan fingerprint density at radius 3 is 2.55 bits per heavy atom. The first-order chi connectivity index (χ1) is 14.9. The minimum absolute atomic E-state index is 0.0211. The molecule has 1 N–H and O–H groups in total. The lowest BCUT2D eigenvalue weighted by Gasteiger charge is -2.42. The maximum Gasteiger partial charge on any atom is 0.321 e. The van der Waals surface area contributed by atoms with E-state index in [1.165, 1.54) is 0 Å². The van der Waals surface area contributed by atoms with Gasteiger partial charge in [0.15, 0.2) is 0 Å². The highest BCUT2D eigenvalue weighted by Gasteiger charge is 2.49. The van der Waals surface area contributed by atoms with Crippen molar-refractivity contribution in [2.75, 3.05) is 79.3 Å². The number of morpholine rings is 1. The van der Waals surface area contributed by atoms with Crippen molar-refractivity contribution < 1.29 is 23.9 Å². The predicted octanol–water partition coefficient (Wildman–Crippen LogP) is -0.556. The summed E-state index contributed by atoms with van der Waals surface area (Å²) in [6.07, 6.45) is 0.615. The molecular formula is C21H37N5O5. The fourth-order valence-corrected chi connectivity index (χ4v) is 4.55. The van der Waals surface area contributed by atoms with Crippen molar-refractivity contribution >= 4 is 17.8 Å². The zero-order valence-electron chi connectivity index (χ0n) is 19.0. The number of urea groups is 1. The average molecular weight is 440 g/mol. The van der Waals surface area contributed by atoms with Crippen LogP contribution in [-0.4, -0.2) is 129 Å². The van der Waals surface area contributed by atoms with Crippen molar-refractivity contribution in [1.29, 1.82) is 0 Å². The Hall–Kier alpha value is -1.91. The second-order valence-corrected chi connectivity index (χ2v) is 8.95. The van der Waals surface area contributed by atoms with E-state index in [1.807, 2.05) is 0 Å². The van der Waals surface area contributed by atoms with Gasteiger partial charge in [-0.05, 0) is 12.3 Å². The van der Waals surface area contributed by atoms with Crippen molar-refractivity contribution in [3.63, 3.8) is 0 Å². The fourth-order valence-electron chi connectivity index (χ4n) is 4.55. The molecular weight excluding hydrogens is 402 g/mol. The monoisotopic (exact) mass is 439 g/mol. The third-order valence-electron chi connectivity index (χ3n) is 6.13. The number of rotatable bonds is 10. The number of amides is 4. The molecule has 2 atom stereocenters. The third kappa shape index (κ3) is 6.08. The molecule has 0 bridgehead atoms. The topological polar surface area (TPSA) is 94.7 Å². The molecule has 0 spiro atoms. The Morgan fingerprint density at radius 1 is 1.16 bits per heavy atom. The second kappa shape index (κ2) is 11.1. The van der Waals surface area contributed by atoms with E-state index in [9.17, 15) is 14.4 Å². The molecule has 3 saturated heterocycles. The van der Waals surface area contributed by atoms with E-state index in [-0.39, 0.29) is 36.3 Å². The molecule has 0 saturated carbocycles. The lowest BCUT2D eigenvalue weighted by atomic mass is 9.97. The molecule has 3 fully saturated rings. The largest absolute Gasteiger partial charge is 0.383 e. The van der Waals surface area contributed by atoms with Gasteiger partial charge in [0, 0.05) is 52.9 Å². The maximum absolute atomic E-state index is 13.1. The SMILES string of the molecule is COCCN1C[C@H]2CN(CC(=O)NCCN3CCOCC3)C(=O)N2[C@@H](CC(C)C)C1=O. The summed E-state index contributed by atoms with van der Waals surface area (Å²) >= 11 is 0. The highest BCUT2D eigenvalue weighted by atomic mass is 16.5. The smallest absolute Gasteiger partial charge is 0.321 e. The van der Waals surface area contributed by atoms with Crippen LogP contribution in [0.25, 0.3) is 0 Å². The van der Waals surface area contributed by atoms with Crippen LogP contribution in [0.4, 0.5) is 4.79 Å². The van der Waals surface area contributed by atoms with Gasteiger partial charge in [-0.25, -0.2) is 4.79 Å². The summed E-state index contributed by atoms with van der Waals surface area (Å²) in [4.78, 5) is 46.0. The van der Waals surface area contributed by atoms with Gasteiger partial charge in [0.05, 0.1) is 25.9 Å². The predicted molar refractivity (Wildman–Crippen MR) is 115 cm³/mol. The summed E-state index contributed by atoms with van der Waals surface area (Å²) in [5.41, 5.74) is 0. The van der Waals surface area contributed by atoms with E-state index in [2.05, 4.69) is 24.1 Å². The van der Waals surface area contributed by atoms with E-state index in [1.54, 1.807) is 21.8 Å². The van der Waals surface area contributed by atoms with Crippen LogP contribution in [0.5, 0.6) is 0 Å². The zero-order chi connectivity index (χ0) is 22.4. The van der Waals surface area contributed by atoms with E-state index in [4.69, 9.17) is 9.47 Å². The van der Waals surface area contributed by atoms with Gasteiger partial charge in [0.2, 0.25) is 11.8 Å². The molecule has 3 aliphatic heterocycles. The minimum Gasteiger partial charge on any atom is -0.383 e. The number of nitrogens with one attached hydrogen (secondary N) is 1. The highest BCUT2D eigenvalue weighted by Crippen LogP contribution is 2.28. The standard InChI is InChI=1S/C21H37N5O5/c1-16(2)12-18-20(28)24(8-9-30-3)13-17-14-25(21(29)26(17)18)15-19(27)22-4-5-23-6-10-31-11-7-23/h16-18H,4-15H2,1-3H3,(H,22,27)/t17-,18-/m0/s1. The molecule has 0 aliphatic carbocycles. The summed E-state index contributed by atoms with van der Waals surface area (Å²) in [5.74, 6) is 0.0962. The fraction of sp³-hybridized carbons (Fsp3) is 0.857. The van der Waals surface area contributed by atoms with Crippen LogP contribution in [0.1, 0.15) is 20.3 Å². The number of carbonyl (C=O) groups is 3. The molecule has 0 aromatic heterocycles. The Kier molecular flexibility index (Phi) is 8.50. The zero-order valence-corrected chi connectivity index (χ0v) is 19.0. The van der Waals surface area contributed by atoms with Crippen molar-refractivity contribution in [2.45, 2.75) is 32.4 Å². The van der Waals surface area contributed by atoms with Gasteiger partial charge in [-0.15, -0.1) is 0 Å². The Morgan fingerprint density at radius 2 is 1.87 bits per heavy atom. The molecule has 0 aromatic carbocycles. The molecule has 0 aromatic rings. The second-order valence-electron chi connectivity index (χ2n) is 8.95. The first-order valence-electron chi connectivity index (χ1n) is 11.3. The van der Waals surface area contributed by atoms with E-state index in [0.29, 0.717) is 39.2 Å². The molecule has 0 radical (unpaired) electrons. The van der Waals surface area contributed by atoms with Gasteiger partial charge >= 0.3 is 6.03 Å². The van der Waals surface area contributed by atoms with Gasteiger partial charge in [0.25, 0.3) is 0 Å². The van der Waals surface area contributed by atoms with Crippen LogP contribution in [0.3, 0.4) is 0 Å². The molecule has 3 rings (SSSR count). The Balaban J connectivity index is 1.55. The maximum atomic E-state index is 13.1. The van der Waals surface area contributed by atoms with Crippen molar-refractivity contribution in [3.05, 3.63) is 0 Å². The number of methoxy groups -OCH3 is 1. The first-order valence-corrected chi connectivity index (χ1v) is 11.3. The van der Waals surface area contributed by atoms with Crippen LogP contribution in [0.15, 0.2) is 0 Å². The van der Waals surface area contributed by atoms with Crippen molar-refractivity contribution in [3.8, 4) is 0 Å². The van der Waals surface area contributed by atoms with Crippen molar-refractivity contribution in [2.24, 2.45) is 5.92 Å². The van der Waals surface area contributed by atoms with Crippen LogP contribution < -0.4 is 5.32 Å². The van der Waals surface area contributed by atoms with Crippen LogP contribution in [0, 0.1) is 5.92 Å². The number of piperazine rings is 1. The highest BCUT2D eigenvalue weighted by molar-refractivity contribution is 5.91. The lowest BCUT2D eigenvalue weighted by Crippen LogP contribution is -2.61. The molecule has 3 heterocycles. The summed E-state index contributed by atoms with van der Waals surface area (Å²) in [6, 6.07) is -0.775. The number of hydrogen-bond acceptors (Lipinski definition) is 6. The van der Waals surface area contributed by atoms with Crippen LogP contribution in [0.2, 0.25) is 0 Å². The summed E-state index contributed by atoms with van der Waals surface area (Å²) in [5, 5.41) is 2.92. The molecule has 4 amide bonds. The quantitative estimate of drug-likeness (QED) is 0.491. The van der Waals surface area contributed by atoms with Gasteiger partial charge in [-0.3, -0.25) is 14.5 Å². The molecule has 10 nitrogen and oxygen atoms in total. The third-order valence-corrected chi connectivity index (χ3v) is 6.13. The van der Waals surface area contributed by atoms with Gasteiger partial charge in [0.1, 0.15) is 12.6 Å². The number of fused-ring (bicyclic) bond motifs is 1. The molecule has 10 heteroatoms.